The molecule has 5 heteroatoms. The van der Waals surface area contributed by atoms with Gasteiger partial charge in [0.15, 0.2) is 0 Å². The van der Waals surface area contributed by atoms with Gasteiger partial charge in [0.25, 0.3) is 0 Å². The van der Waals surface area contributed by atoms with Gasteiger partial charge in [-0.2, -0.15) is 0 Å². The van der Waals surface area contributed by atoms with Crippen molar-refractivity contribution in [1.82, 2.24) is 15.3 Å². The highest BCUT2D eigenvalue weighted by molar-refractivity contribution is 7.09. The Bertz CT molecular complexity index is 355. The minimum absolute atomic E-state index is 0.317. The Kier molecular flexibility index (Phi) is 3.23. The van der Waals surface area contributed by atoms with E-state index in [2.05, 4.69) is 22.2 Å². The number of hydrogen-bond acceptors (Lipinski definition) is 5. The maximum absolute atomic E-state index is 4.26. The van der Waals surface area contributed by atoms with E-state index < -0.39 is 0 Å². The molecule has 3 nitrogen and oxygen atoms in total. The average molecular weight is 225 g/mol. The Labute approximate surface area is 90.9 Å². The zero-order chi connectivity index (χ0) is 9.80. The van der Waals surface area contributed by atoms with E-state index in [1.165, 1.54) is 4.88 Å². The number of nitrogens with zero attached hydrogens (tertiary/aromatic N) is 2. The molecule has 0 amide bonds. The van der Waals surface area contributed by atoms with Crippen LogP contribution >= 0.6 is 22.7 Å². The van der Waals surface area contributed by atoms with Gasteiger partial charge in [-0.05, 0) is 6.92 Å². The minimum Gasteiger partial charge on any atom is -0.303 e. The van der Waals surface area contributed by atoms with E-state index in [0.717, 1.165) is 11.6 Å². The molecule has 0 aliphatic carbocycles. The van der Waals surface area contributed by atoms with Gasteiger partial charge in [0.1, 0.15) is 5.01 Å². The SMILES string of the molecule is CC(NCc1cncs1)c1nccs1. The van der Waals surface area contributed by atoms with Crippen molar-refractivity contribution in [3.05, 3.63) is 33.2 Å². The van der Waals surface area contributed by atoms with Gasteiger partial charge in [-0.3, -0.25) is 4.98 Å². The fourth-order valence-corrected chi connectivity index (χ4v) is 2.33. The highest BCUT2D eigenvalue weighted by Crippen LogP contribution is 2.15. The van der Waals surface area contributed by atoms with Crippen LogP contribution in [0.3, 0.4) is 0 Å². The summed E-state index contributed by atoms with van der Waals surface area (Å²) in [6.45, 7) is 2.99. The topological polar surface area (TPSA) is 37.8 Å². The maximum atomic E-state index is 4.26. The van der Waals surface area contributed by atoms with Crippen molar-refractivity contribution in [1.29, 1.82) is 0 Å². The van der Waals surface area contributed by atoms with Crippen molar-refractivity contribution in [2.45, 2.75) is 19.5 Å². The summed E-state index contributed by atoms with van der Waals surface area (Å²) >= 11 is 3.35. The normalized spacial score (nSPS) is 12.9. The molecule has 2 aromatic heterocycles. The van der Waals surface area contributed by atoms with Crippen LogP contribution in [0.2, 0.25) is 0 Å². The van der Waals surface area contributed by atoms with Crippen LogP contribution < -0.4 is 5.32 Å². The van der Waals surface area contributed by atoms with Crippen LogP contribution in [-0.2, 0) is 6.54 Å². The van der Waals surface area contributed by atoms with Gasteiger partial charge < -0.3 is 5.32 Å². The van der Waals surface area contributed by atoms with Gasteiger partial charge in [0.2, 0.25) is 0 Å². The van der Waals surface area contributed by atoms with Crippen molar-refractivity contribution in [3.8, 4) is 0 Å². The zero-order valence-electron chi connectivity index (χ0n) is 7.80. The lowest BCUT2D eigenvalue weighted by atomic mass is 10.3. The molecule has 0 saturated carbocycles. The van der Waals surface area contributed by atoms with Gasteiger partial charge in [-0.1, -0.05) is 0 Å². The largest absolute Gasteiger partial charge is 0.303 e. The molecule has 0 aliphatic heterocycles. The van der Waals surface area contributed by atoms with Crippen molar-refractivity contribution in [2.75, 3.05) is 0 Å². The summed E-state index contributed by atoms with van der Waals surface area (Å²) in [5, 5.41) is 6.54. The Morgan fingerprint density at radius 1 is 1.50 bits per heavy atom. The van der Waals surface area contributed by atoms with Crippen LogP contribution in [0.25, 0.3) is 0 Å². The summed E-state index contributed by atoms with van der Waals surface area (Å²) in [4.78, 5) is 9.55. The molecule has 1 atom stereocenters. The van der Waals surface area contributed by atoms with Gasteiger partial charge >= 0.3 is 0 Å². The van der Waals surface area contributed by atoms with Gasteiger partial charge in [-0.25, -0.2) is 4.98 Å². The van der Waals surface area contributed by atoms with Crippen LogP contribution in [0.5, 0.6) is 0 Å². The van der Waals surface area contributed by atoms with E-state index >= 15 is 0 Å². The van der Waals surface area contributed by atoms with Crippen LogP contribution in [-0.4, -0.2) is 9.97 Å². The molecule has 0 fully saturated rings. The molecular formula is C9H11N3S2. The highest BCUT2D eigenvalue weighted by Gasteiger charge is 2.06. The third kappa shape index (κ3) is 2.37. The van der Waals surface area contributed by atoms with Crippen molar-refractivity contribution in [3.63, 3.8) is 0 Å². The summed E-state index contributed by atoms with van der Waals surface area (Å²) in [6, 6.07) is 0.317. The van der Waals surface area contributed by atoms with Crippen LogP contribution in [0.1, 0.15) is 22.9 Å². The molecule has 0 radical (unpaired) electrons. The molecule has 74 valence electrons. The smallest absolute Gasteiger partial charge is 0.109 e. The van der Waals surface area contributed by atoms with Crippen molar-refractivity contribution in [2.24, 2.45) is 0 Å². The second-order valence-electron chi connectivity index (χ2n) is 2.94. The lowest BCUT2D eigenvalue weighted by Gasteiger charge is -2.09. The molecule has 14 heavy (non-hydrogen) atoms. The predicted octanol–water partition coefficient (Wildman–Crippen LogP) is 2.45. The van der Waals surface area contributed by atoms with E-state index in [1.54, 1.807) is 22.7 Å². The van der Waals surface area contributed by atoms with E-state index in [9.17, 15) is 0 Å². The fraction of sp³-hybridized carbons (Fsp3) is 0.333. The van der Waals surface area contributed by atoms with E-state index in [4.69, 9.17) is 0 Å². The Balaban J connectivity index is 1.87. The molecule has 0 spiro atoms. The highest BCUT2D eigenvalue weighted by atomic mass is 32.1. The summed E-state index contributed by atoms with van der Waals surface area (Å²) in [5.41, 5.74) is 1.85. The van der Waals surface area contributed by atoms with Crippen molar-refractivity contribution >= 4 is 22.7 Å². The first-order valence-corrected chi connectivity index (χ1v) is 6.12. The zero-order valence-corrected chi connectivity index (χ0v) is 9.44. The maximum Gasteiger partial charge on any atom is 0.109 e. The minimum atomic E-state index is 0.317. The van der Waals surface area contributed by atoms with E-state index in [1.807, 2.05) is 23.3 Å². The van der Waals surface area contributed by atoms with Gasteiger partial charge in [-0.15, -0.1) is 22.7 Å². The quantitative estimate of drug-likeness (QED) is 0.868. The van der Waals surface area contributed by atoms with E-state index in [-0.39, 0.29) is 0 Å². The number of aromatic nitrogens is 2. The molecule has 0 saturated heterocycles. The number of rotatable bonds is 4. The first-order chi connectivity index (χ1) is 6.86. The Morgan fingerprint density at radius 2 is 2.43 bits per heavy atom. The van der Waals surface area contributed by atoms with Gasteiger partial charge in [0.05, 0.1) is 11.6 Å². The first kappa shape index (κ1) is 9.76. The summed E-state index contributed by atoms with van der Waals surface area (Å²) in [7, 11) is 0. The molecule has 2 rings (SSSR count). The number of thiazole rings is 2. The average Bonchev–Trinajstić information content (AvgIpc) is 2.87. The molecule has 2 heterocycles. The molecule has 0 aromatic carbocycles. The first-order valence-electron chi connectivity index (χ1n) is 4.36. The Morgan fingerprint density at radius 3 is 3.07 bits per heavy atom. The lowest BCUT2D eigenvalue weighted by Crippen LogP contribution is -2.17. The Hall–Kier alpha value is -0.780. The monoisotopic (exact) mass is 225 g/mol. The molecular weight excluding hydrogens is 214 g/mol. The molecule has 2 aromatic rings. The predicted molar refractivity (Wildman–Crippen MR) is 59.5 cm³/mol. The number of hydrogen-bond donors (Lipinski definition) is 1. The second-order valence-corrected chi connectivity index (χ2v) is 4.84. The second kappa shape index (κ2) is 4.63. The lowest BCUT2D eigenvalue weighted by molar-refractivity contribution is 0.575. The fourth-order valence-electron chi connectivity index (χ4n) is 1.12. The van der Waals surface area contributed by atoms with E-state index in [0.29, 0.717) is 6.04 Å². The third-order valence-corrected chi connectivity index (χ3v) is 3.63. The summed E-state index contributed by atoms with van der Waals surface area (Å²) in [5.74, 6) is 0. The van der Waals surface area contributed by atoms with Crippen LogP contribution in [0, 0.1) is 0 Å². The molecule has 1 unspecified atom stereocenters. The summed E-state index contributed by atoms with van der Waals surface area (Å²) in [6.07, 6.45) is 3.73. The van der Waals surface area contributed by atoms with Crippen LogP contribution in [0.4, 0.5) is 0 Å². The van der Waals surface area contributed by atoms with Crippen LogP contribution in [0.15, 0.2) is 23.3 Å². The number of nitrogens with one attached hydrogen (secondary N) is 1. The molecule has 0 bridgehead atoms. The third-order valence-electron chi connectivity index (χ3n) is 1.89. The van der Waals surface area contributed by atoms with Gasteiger partial charge in [0, 0.05) is 29.2 Å². The summed E-state index contributed by atoms with van der Waals surface area (Å²) < 4.78 is 0. The molecule has 1 N–H and O–H groups in total. The molecule has 0 aliphatic rings. The van der Waals surface area contributed by atoms with Crippen molar-refractivity contribution < 1.29 is 0 Å². The standard InChI is InChI=1S/C9H11N3S2/c1-7(9-11-2-3-13-9)12-5-8-4-10-6-14-8/h2-4,6-7,12H,5H2,1H3.